The highest BCUT2D eigenvalue weighted by molar-refractivity contribution is 6.30. The summed E-state index contributed by atoms with van der Waals surface area (Å²) in [6.45, 7) is 9.55. The van der Waals surface area contributed by atoms with E-state index in [1.807, 2.05) is 12.1 Å². The molecule has 0 radical (unpaired) electrons. The van der Waals surface area contributed by atoms with Gasteiger partial charge in [0.15, 0.2) is 0 Å². The molecule has 20 heavy (non-hydrogen) atoms. The summed E-state index contributed by atoms with van der Waals surface area (Å²) in [6, 6.07) is 3.90. The van der Waals surface area contributed by atoms with E-state index in [0.29, 0.717) is 12.3 Å². The Hall–Kier alpha value is -0.730. The zero-order valence-corrected chi connectivity index (χ0v) is 13.6. The summed E-state index contributed by atoms with van der Waals surface area (Å²) in [4.78, 5) is 0. The van der Waals surface area contributed by atoms with Crippen molar-refractivity contribution < 1.29 is 9.84 Å². The van der Waals surface area contributed by atoms with Crippen LogP contribution in [0.4, 0.5) is 0 Å². The van der Waals surface area contributed by atoms with Crippen molar-refractivity contribution in [2.24, 2.45) is 11.3 Å². The maximum atomic E-state index is 10.4. The summed E-state index contributed by atoms with van der Waals surface area (Å²) >= 11 is 6.15. The number of aliphatic hydroxyl groups excluding tert-OH is 1. The first-order valence-corrected chi connectivity index (χ1v) is 7.77. The van der Waals surface area contributed by atoms with E-state index in [2.05, 4.69) is 27.7 Å². The summed E-state index contributed by atoms with van der Waals surface area (Å²) in [5.41, 5.74) is 2.43. The molecule has 2 unspecified atom stereocenters. The van der Waals surface area contributed by atoms with Gasteiger partial charge >= 0.3 is 0 Å². The van der Waals surface area contributed by atoms with Gasteiger partial charge in [0.05, 0.1) is 12.7 Å². The van der Waals surface area contributed by atoms with Crippen molar-refractivity contribution in [3.63, 3.8) is 0 Å². The van der Waals surface area contributed by atoms with Crippen LogP contribution in [0, 0.1) is 11.3 Å². The largest absolute Gasteiger partial charge is 0.493 e. The quantitative estimate of drug-likeness (QED) is 0.900. The number of hydrogen-bond acceptors (Lipinski definition) is 2. The highest BCUT2D eigenvalue weighted by atomic mass is 35.5. The number of rotatable bonds is 4. The molecular weight excluding hydrogens is 272 g/mol. The molecule has 3 heteroatoms. The number of hydrogen-bond donors (Lipinski definition) is 1. The van der Waals surface area contributed by atoms with Gasteiger partial charge in [0.1, 0.15) is 5.75 Å². The van der Waals surface area contributed by atoms with Crippen LogP contribution >= 0.6 is 11.6 Å². The van der Waals surface area contributed by atoms with Crippen LogP contribution in [-0.2, 0) is 12.8 Å². The van der Waals surface area contributed by atoms with Crippen molar-refractivity contribution >= 4 is 11.6 Å². The normalized spacial score (nSPS) is 17.5. The summed E-state index contributed by atoms with van der Waals surface area (Å²) in [5, 5.41) is 11.1. The van der Waals surface area contributed by atoms with Crippen LogP contribution in [0.3, 0.4) is 0 Å². The standard InChI is InChI=1S/C17H25ClO2/c1-11(17(2,3)4)7-15(19)10-13-9-14(18)8-12-5-6-20-16(12)13/h8-9,11,15,19H,5-7,10H2,1-4H3. The number of aliphatic hydroxyl groups is 1. The number of ether oxygens (including phenoxy) is 1. The van der Waals surface area contributed by atoms with E-state index in [-0.39, 0.29) is 11.5 Å². The Morgan fingerprint density at radius 3 is 2.70 bits per heavy atom. The van der Waals surface area contributed by atoms with Crippen LogP contribution < -0.4 is 4.74 Å². The van der Waals surface area contributed by atoms with E-state index in [4.69, 9.17) is 16.3 Å². The lowest BCUT2D eigenvalue weighted by Gasteiger charge is -2.29. The predicted octanol–water partition coefficient (Wildman–Crippen LogP) is 4.25. The molecule has 0 spiro atoms. The molecule has 0 fully saturated rings. The number of benzene rings is 1. The molecule has 1 aliphatic heterocycles. The van der Waals surface area contributed by atoms with E-state index in [1.165, 1.54) is 5.56 Å². The van der Waals surface area contributed by atoms with Gasteiger partial charge in [-0.05, 0) is 41.0 Å². The van der Waals surface area contributed by atoms with Gasteiger partial charge in [-0.15, -0.1) is 0 Å². The Bertz CT molecular complexity index is 477. The van der Waals surface area contributed by atoms with Gasteiger partial charge in [0.25, 0.3) is 0 Å². The third kappa shape index (κ3) is 3.67. The van der Waals surface area contributed by atoms with Crippen molar-refractivity contribution in [2.75, 3.05) is 6.61 Å². The van der Waals surface area contributed by atoms with E-state index >= 15 is 0 Å². The molecule has 0 saturated carbocycles. The highest BCUT2D eigenvalue weighted by Gasteiger charge is 2.25. The Balaban J connectivity index is 2.07. The van der Waals surface area contributed by atoms with Gasteiger partial charge in [-0.2, -0.15) is 0 Å². The van der Waals surface area contributed by atoms with Crippen LogP contribution in [0.25, 0.3) is 0 Å². The van der Waals surface area contributed by atoms with E-state index in [9.17, 15) is 5.11 Å². The highest BCUT2D eigenvalue weighted by Crippen LogP contribution is 2.35. The van der Waals surface area contributed by atoms with Crippen LogP contribution in [0.2, 0.25) is 5.02 Å². The molecule has 1 aromatic rings. The summed E-state index contributed by atoms with van der Waals surface area (Å²) in [5.74, 6) is 1.41. The van der Waals surface area contributed by atoms with Crippen molar-refractivity contribution in [2.45, 2.75) is 53.1 Å². The molecule has 2 atom stereocenters. The van der Waals surface area contributed by atoms with Crippen LogP contribution in [0.15, 0.2) is 12.1 Å². The molecule has 0 amide bonds. The van der Waals surface area contributed by atoms with Gasteiger partial charge in [-0.1, -0.05) is 39.3 Å². The minimum Gasteiger partial charge on any atom is -0.493 e. The lowest BCUT2D eigenvalue weighted by Crippen LogP contribution is -2.24. The van der Waals surface area contributed by atoms with E-state index < -0.39 is 0 Å². The monoisotopic (exact) mass is 296 g/mol. The maximum Gasteiger partial charge on any atom is 0.126 e. The second-order valence-corrected chi connectivity index (χ2v) is 7.45. The molecule has 2 rings (SSSR count). The van der Waals surface area contributed by atoms with Crippen molar-refractivity contribution in [3.05, 3.63) is 28.3 Å². The molecular formula is C17H25ClO2. The summed E-state index contributed by atoms with van der Waals surface area (Å²) in [7, 11) is 0. The second-order valence-electron chi connectivity index (χ2n) is 7.01. The number of fused-ring (bicyclic) bond motifs is 1. The van der Waals surface area contributed by atoms with E-state index in [0.717, 1.165) is 35.8 Å². The predicted molar refractivity (Wildman–Crippen MR) is 83.6 cm³/mol. The fourth-order valence-corrected chi connectivity index (χ4v) is 2.86. The first-order chi connectivity index (χ1) is 9.27. The molecule has 0 aliphatic carbocycles. The maximum absolute atomic E-state index is 10.4. The summed E-state index contributed by atoms with van der Waals surface area (Å²) < 4.78 is 5.69. The molecule has 0 aromatic heterocycles. The van der Waals surface area contributed by atoms with Gasteiger partial charge in [0.2, 0.25) is 0 Å². The molecule has 1 aliphatic rings. The minimum atomic E-state index is -0.351. The average molecular weight is 297 g/mol. The van der Waals surface area contributed by atoms with Crippen molar-refractivity contribution in [3.8, 4) is 5.75 Å². The average Bonchev–Trinajstić information content (AvgIpc) is 2.75. The second kappa shape index (κ2) is 5.95. The first-order valence-electron chi connectivity index (χ1n) is 7.39. The molecule has 1 heterocycles. The Kier molecular flexibility index (Phi) is 4.66. The molecule has 1 aromatic carbocycles. The van der Waals surface area contributed by atoms with Crippen LogP contribution in [0.5, 0.6) is 5.75 Å². The van der Waals surface area contributed by atoms with Gasteiger partial charge in [-0.3, -0.25) is 0 Å². The van der Waals surface area contributed by atoms with Crippen LogP contribution in [-0.4, -0.2) is 17.8 Å². The molecule has 0 bridgehead atoms. The zero-order valence-electron chi connectivity index (χ0n) is 12.9. The summed E-state index contributed by atoms with van der Waals surface area (Å²) in [6.07, 6.45) is 1.97. The van der Waals surface area contributed by atoms with Gasteiger partial charge < -0.3 is 9.84 Å². The molecule has 1 N–H and O–H groups in total. The smallest absolute Gasteiger partial charge is 0.126 e. The molecule has 112 valence electrons. The third-order valence-corrected chi connectivity index (χ3v) is 4.60. The van der Waals surface area contributed by atoms with Crippen molar-refractivity contribution in [1.82, 2.24) is 0 Å². The first kappa shape index (κ1) is 15.7. The Morgan fingerprint density at radius 2 is 2.05 bits per heavy atom. The lowest BCUT2D eigenvalue weighted by molar-refractivity contribution is 0.109. The minimum absolute atomic E-state index is 0.216. The van der Waals surface area contributed by atoms with Crippen LogP contribution in [0.1, 0.15) is 45.2 Å². The molecule has 0 saturated heterocycles. The molecule has 2 nitrogen and oxygen atoms in total. The fourth-order valence-electron chi connectivity index (χ4n) is 2.60. The van der Waals surface area contributed by atoms with Gasteiger partial charge in [0, 0.05) is 17.9 Å². The Labute approximate surface area is 127 Å². The zero-order chi connectivity index (χ0) is 14.9. The topological polar surface area (TPSA) is 29.5 Å². The van der Waals surface area contributed by atoms with Crippen molar-refractivity contribution in [1.29, 1.82) is 0 Å². The Morgan fingerprint density at radius 1 is 1.35 bits per heavy atom. The SMILES string of the molecule is CC(CC(O)Cc1cc(Cl)cc2c1OCC2)C(C)(C)C. The lowest BCUT2D eigenvalue weighted by atomic mass is 9.78. The fraction of sp³-hybridized carbons (Fsp3) is 0.647. The van der Waals surface area contributed by atoms with Gasteiger partial charge in [-0.25, -0.2) is 0 Å². The van der Waals surface area contributed by atoms with E-state index in [1.54, 1.807) is 0 Å². The third-order valence-electron chi connectivity index (χ3n) is 4.38. The number of halogens is 1.